The number of aromatic nitrogens is 1. The van der Waals surface area contributed by atoms with Crippen LogP contribution >= 0.6 is 11.3 Å². The molecule has 1 aliphatic heterocycles. The van der Waals surface area contributed by atoms with Crippen molar-refractivity contribution in [2.24, 2.45) is 0 Å². The molecule has 1 atom stereocenters. The van der Waals surface area contributed by atoms with Crippen LogP contribution in [0.25, 0.3) is 0 Å². The first kappa shape index (κ1) is 13.5. The first-order valence-corrected chi connectivity index (χ1v) is 7.46. The highest BCUT2D eigenvalue weighted by Gasteiger charge is 2.23. The zero-order valence-corrected chi connectivity index (χ0v) is 11.7. The van der Waals surface area contributed by atoms with Crippen LogP contribution in [0.4, 0.5) is 0 Å². The van der Waals surface area contributed by atoms with E-state index >= 15 is 0 Å². The van der Waals surface area contributed by atoms with Crippen LogP contribution in [-0.4, -0.2) is 47.0 Å². The Morgan fingerprint density at radius 1 is 1.44 bits per heavy atom. The second kappa shape index (κ2) is 6.83. The summed E-state index contributed by atoms with van der Waals surface area (Å²) in [7, 11) is 0. The Kier molecular flexibility index (Phi) is 5.12. The number of thiazole rings is 1. The summed E-state index contributed by atoms with van der Waals surface area (Å²) in [5.41, 5.74) is 0. The molecule has 1 aromatic rings. The van der Waals surface area contributed by atoms with Crippen molar-refractivity contribution in [3.63, 3.8) is 0 Å². The van der Waals surface area contributed by atoms with Gasteiger partial charge in [0, 0.05) is 37.8 Å². The van der Waals surface area contributed by atoms with E-state index in [0.29, 0.717) is 0 Å². The van der Waals surface area contributed by atoms with Gasteiger partial charge in [0.25, 0.3) is 0 Å². The maximum atomic E-state index is 9.17. The lowest BCUT2D eigenvalue weighted by atomic mass is 10.1. The van der Waals surface area contributed by atoms with Crippen molar-refractivity contribution in [3.8, 4) is 6.07 Å². The topological polar surface area (TPSA) is 43.2 Å². The average Bonchev–Trinajstić information content (AvgIpc) is 2.90. The third-order valence-electron chi connectivity index (χ3n) is 3.40. The monoisotopic (exact) mass is 264 g/mol. The molecular weight excluding hydrogens is 244 g/mol. The van der Waals surface area contributed by atoms with E-state index in [1.807, 2.05) is 11.6 Å². The predicted octanol–water partition coefficient (Wildman–Crippen LogP) is 1.95. The van der Waals surface area contributed by atoms with Crippen molar-refractivity contribution in [1.29, 1.82) is 5.26 Å². The molecule has 1 unspecified atom stereocenters. The van der Waals surface area contributed by atoms with E-state index in [0.717, 1.165) is 45.6 Å². The number of rotatable bonds is 5. The van der Waals surface area contributed by atoms with Crippen LogP contribution in [0.3, 0.4) is 0 Å². The molecule has 1 fully saturated rings. The van der Waals surface area contributed by atoms with E-state index in [9.17, 15) is 0 Å². The summed E-state index contributed by atoms with van der Waals surface area (Å²) in [5.74, 6) is 0. The Bertz CT molecular complexity index is 376. The van der Waals surface area contributed by atoms with Crippen LogP contribution < -0.4 is 0 Å². The van der Waals surface area contributed by atoms with Gasteiger partial charge in [-0.05, 0) is 6.42 Å². The molecule has 5 heteroatoms. The normalized spacial score (nSPS) is 19.6. The highest BCUT2D eigenvalue weighted by atomic mass is 32.1. The summed E-state index contributed by atoms with van der Waals surface area (Å²) < 4.78 is 0. The number of hydrogen-bond donors (Lipinski definition) is 0. The van der Waals surface area contributed by atoms with E-state index in [2.05, 4.69) is 27.8 Å². The number of hydrogen-bond acceptors (Lipinski definition) is 5. The summed E-state index contributed by atoms with van der Waals surface area (Å²) in [6.45, 7) is 7.19. The van der Waals surface area contributed by atoms with E-state index < -0.39 is 0 Å². The van der Waals surface area contributed by atoms with Gasteiger partial charge in [0.2, 0.25) is 0 Å². The van der Waals surface area contributed by atoms with Gasteiger partial charge >= 0.3 is 0 Å². The predicted molar refractivity (Wildman–Crippen MR) is 73.3 cm³/mol. The van der Waals surface area contributed by atoms with Gasteiger partial charge in [0.05, 0.1) is 18.7 Å². The number of nitriles is 1. The molecule has 4 nitrogen and oxygen atoms in total. The maximum absolute atomic E-state index is 9.17. The molecule has 0 radical (unpaired) electrons. The summed E-state index contributed by atoms with van der Waals surface area (Å²) >= 11 is 1.72. The SMILES string of the molecule is CCCC(C#N)N1CCN(Cc2nccs2)CC1. The van der Waals surface area contributed by atoms with Crippen molar-refractivity contribution in [2.75, 3.05) is 26.2 Å². The van der Waals surface area contributed by atoms with Gasteiger partial charge in [-0.15, -0.1) is 11.3 Å². The highest BCUT2D eigenvalue weighted by molar-refractivity contribution is 7.09. The van der Waals surface area contributed by atoms with Crippen LogP contribution in [0.2, 0.25) is 0 Å². The molecule has 0 spiro atoms. The first-order chi connectivity index (χ1) is 8.83. The van der Waals surface area contributed by atoms with E-state index in [1.54, 1.807) is 11.3 Å². The van der Waals surface area contributed by atoms with Crippen LogP contribution in [0.1, 0.15) is 24.8 Å². The fourth-order valence-electron chi connectivity index (χ4n) is 2.36. The van der Waals surface area contributed by atoms with E-state index in [1.165, 1.54) is 5.01 Å². The van der Waals surface area contributed by atoms with Crippen molar-refractivity contribution >= 4 is 11.3 Å². The molecule has 0 bridgehead atoms. The Labute approximate surface area is 113 Å². The van der Waals surface area contributed by atoms with Crippen LogP contribution in [-0.2, 0) is 6.54 Å². The van der Waals surface area contributed by atoms with Gasteiger partial charge in [-0.25, -0.2) is 4.98 Å². The van der Waals surface area contributed by atoms with E-state index in [-0.39, 0.29) is 6.04 Å². The molecule has 2 heterocycles. The standard InChI is InChI=1S/C13H20N4S/c1-2-3-12(10-14)17-7-5-16(6-8-17)11-13-15-4-9-18-13/h4,9,12H,2-3,5-8,11H2,1H3. The lowest BCUT2D eigenvalue weighted by molar-refractivity contribution is 0.106. The molecule has 1 aromatic heterocycles. The average molecular weight is 264 g/mol. The van der Waals surface area contributed by atoms with Crippen LogP contribution in [0, 0.1) is 11.3 Å². The quantitative estimate of drug-likeness (QED) is 0.815. The van der Waals surface area contributed by atoms with Crippen LogP contribution in [0.15, 0.2) is 11.6 Å². The summed E-state index contributed by atoms with van der Waals surface area (Å²) in [6.07, 6.45) is 3.93. The van der Waals surface area contributed by atoms with Gasteiger partial charge in [0.1, 0.15) is 5.01 Å². The minimum Gasteiger partial charge on any atom is -0.294 e. The molecule has 98 valence electrons. The lowest BCUT2D eigenvalue weighted by Crippen LogP contribution is -2.49. The smallest absolute Gasteiger partial charge is 0.107 e. The van der Waals surface area contributed by atoms with Gasteiger partial charge in [0.15, 0.2) is 0 Å². The van der Waals surface area contributed by atoms with Crippen molar-refractivity contribution < 1.29 is 0 Å². The Hall–Kier alpha value is -0.960. The molecule has 0 aromatic carbocycles. The molecule has 0 aliphatic carbocycles. The van der Waals surface area contributed by atoms with Crippen molar-refractivity contribution in [1.82, 2.24) is 14.8 Å². The summed E-state index contributed by atoms with van der Waals surface area (Å²) in [4.78, 5) is 9.07. The number of piperazine rings is 1. The fourth-order valence-corrected chi connectivity index (χ4v) is 3.02. The second-order valence-electron chi connectivity index (χ2n) is 4.67. The Morgan fingerprint density at radius 3 is 2.78 bits per heavy atom. The summed E-state index contributed by atoms with van der Waals surface area (Å²) in [5, 5.41) is 12.4. The van der Waals surface area contributed by atoms with Crippen LogP contribution in [0.5, 0.6) is 0 Å². The molecular formula is C13H20N4S. The van der Waals surface area contributed by atoms with Crippen molar-refractivity contribution in [2.45, 2.75) is 32.4 Å². The summed E-state index contributed by atoms with van der Waals surface area (Å²) in [6, 6.07) is 2.54. The minimum absolute atomic E-state index is 0.108. The molecule has 18 heavy (non-hydrogen) atoms. The fraction of sp³-hybridized carbons (Fsp3) is 0.692. The zero-order chi connectivity index (χ0) is 12.8. The van der Waals surface area contributed by atoms with Gasteiger partial charge in [-0.2, -0.15) is 5.26 Å². The molecule has 1 saturated heterocycles. The third-order valence-corrected chi connectivity index (χ3v) is 4.17. The molecule has 0 saturated carbocycles. The molecule has 0 N–H and O–H groups in total. The van der Waals surface area contributed by atoms with Gasteiger partial charge in [-0.3, -0.25) is 9.80 Å². The van der Waals surface area contributed by atoms with Crippen molar-refractivity contribution in [3.05, 3.63) is 16.6 Å². The van der Waals surface area contributed by atoms with E-state index in [4.69, 9.17) is 5.26 Å². The van der Waals surface area contributed by atoms with Gasteiger partial charge < -0.3 is 0 Å². The number of nitrogens with zero attached hydrogens (tertiary/aromatic N) is 4. The molecule has 1 aliphatic rings. The van der Waals surface area contributed by atoms with Gasteiger partial charge in [-0.1, -0.05) is 13.3 Å². The minimum atomic E-state index is 0.108. The first-order valence-electron chi connectivity index (χ1n) is 6.58. The second-order valence-corrected chi connectivity index (χ2v) is 5.65. The Balaban J connectivity index is 1.79. The molecule has 2 rings (SSSR count). The molecule has 0 amide bonds. The highest BCUT2D eigenvalue weighted by Crippen LogP contribution is 2.13. The Morgan fingerprint density at radius 2 is 2.22 bits per heavy atom. The maximum Gasteiger partial charge on any atom is 0.107 e. The third kappa shape index (κ3) is 3.52. The zero-order valence-electron chi connectivity index (χ0n) is 10.9. The largest absolute Gasteiger partial charge is 0.294 e. The lowest BCUT2D eigenvalue weighted by Gasteiger charge is -2.36.